The second-order valence-electron chi connectivity index (χ2n) is 12.5. The Hall–Kier alpha value is -3.34. The number of ether oxygens (including phenoxy) is 4. The number of aliphatic hydroxyl groups is 1. The van der Waals surface area contributed by atoms with Gasteiger partial charge in [0.2, 0.25) is 12.4 Å². The first kappa shape index (κ1) is 28.2. The molecule has 11 nitrogen and oxygen atoms in total. The molecule has 0 aromatic carbocycles. The lowest BCUT2D eigenvalue weighted by Gasteiger charge is -2.61. The summed E-state index contributed by atoms with van der Waals surface area (Å²) in [5.41, 5.74) is -1.88. The number of hydrogen-bond donors (Lipinski definition) is 1. The number of hydrogen-bond acceptors (Lipinski definition) is 11. The van der Waals surface area contributed by atoms with Crippen LogP contribution in [0.15, 0.2) is 22.8 Å². The fourth-order valence-corrected chi connectivity index (χ4v) is 8.39. The molecule has 8 unspecified atom stereocenters. The Balaban J connectivity index is 1.70. The highest BCUT2D eigenvalue weighted by Crippen LogP contribution is 2.66. The van der Waals surface area contributed by atoms with Crippen LogP contribution in [0.1, 0.15) is 60.3 Å². The van der Waals surface area contributed by atoms with E-state index in [-0.39, 0.29) is 30.0 Å². The lowest BCUT2D eigenvalue weighted by Crippen LogP contribution is -2.68. The van der Waals surface area contributed by atoms with E-state index in [1.165, 1.54) is 6.08 Å². The van der Waals surface area contributed by atoms with Crippen LogP contribution >= 0.6 is 0 Å². The van der Waals surface area contributed by atoms with Gasteiger partial charge in [0.25, 0.3) is 0 Å². The molecule has 2 bridgehead atoms. The number of ketones is 2. The summed E-state index contributed by atoms with van der Waals surface area (Å²) in [6.07, 6.45) is -1.89. The number of Topliss-reactive ketones (excluding diaryl/α,β-unsaturated/α-hetero) is 2. The first-order valence-electron chi connectivity index (χ1n) is 13.4. The van der Waals surface area contributed by atoms with Crippen molar-refractivity contribution in [2.45, 2.75) is 78.8 Å². The van der Waals surface area contributed by atoms with Crippen LogP contribution in [0.5, 0.6) is 0 Å². The summed E-state index contributed by atoms with van der Waals surface area (Å²) in [7, 11) is 1.15. The van der Waals surface area contributed by atoms with Crippen LogP contribution in [0.25, 0.3) is 0 Å². The molecule has 2 saturated carbocycles. The van der Waals surface area contributed by atoms with Gasteiger partial charge in [-0.2, -0.15) is 0 Å². The third-order valence-electron chi connectivity index (χ3n) is 10.1. The highest BCUT2D eigenvalue weighted by atomic mass is 16.6. The molecule has 11 heteroatoms. The number of fused-ring (bicyclic) bond motifs is 5. The zero-order valence-electron chi connectivity index (χ0n) is 23.4. The number of methoxy groups -OCH3 is 1. The van der Waals surface area contributed by atoms with E-state index < -0.39 is 76.4 Å². The van der Waals surface area contributed by atoms with Crippen molar-refractivity contribution in [2.24, 2.45) is 34.0 Å². The van der Waals surface area contributed by atoms with Crippen LogP contribution in [0.4, 0.5) is 0 Å². The zero-order valence-corrected chi connectivity index (χ0v) is 23.4. The Morgan fingerprint density at radius 2 is 1.75 bits per heavy atom. The molecule has 0 amide bonds. The molecule has 5 aliphatic rings. The molecule has 1 saturated heterocycles. The van der Waals surface area contributed by atoms with Crippen LogP contribution in [0, 0.1) is 34.0 Å². The Labute approximate surface area is 231 Å². The topological polar surface area (TPSA) is 160 Å². The van der Waals surface area contributed by atoms with Crippen molar-refractivity contribution in [3.63, 3.8) is 0 Å². The van der Waals surface area contributed by atoms with Crippen LogP contribution < -0.4 is 0 Å². The van der Waals surface area contributed by atoms with Crippen molar-refractivity contribution >= 4 is 35.4 Å². The van der Waals surface area contributed by atoms with Gasteiger partial charge in [0.1, 0.15) is 11.9 Å². The Morgan fingerprint density at radius 1 is 1.07 bits per heavy atom. The van der Waals surface area contributed by atoms with E-state index >= 15 is 0 Å². The van der Waals surface area contributed by atoms with Gasteiger partial charge in [-0.15, -0.1) is 0 Å². The molecule has 5 rings (SSSR count). The van der Waals surface area contributed by atoms with Gasteiger partial charge in [0.05, 0.1) is 25.0 Å². The molecule has 0 radical (unpaired) electrons. The van der Waals surface area contributed by atoms with Gasteiger partial charge >= 0.3 is 23.9 Å². The maximum Gasteiger partial charge on any atom is 0.347 e. The molecule has 216 valence electrons. The predicted molar refractivity (Wildman–Crippen MR) is 134 cm³/mol. The van der Waals surface area contributed by atoms with Crippen molar-refractivity contribution in [2.75, 3.05) is 7.11 Å². The molecular formula is C29H34O11. The fraction of sp³-hybridized carbons (Fsp3) is 0.655. The minimum atomic E-state index is -1.50. The summed E-state index contributed by atoms with van der Waals surface area (Å²) in [4.78, 5) is 78.6. The summed E-state index contributed by atoms with van der Waals surface area (Å²) < 4.78 is 21.0. The van der Waals surface area contributed by atoms with E-state index in [0.717, 1.165) is 19.6 Å². The third kappa shape index (κ3) is 3.73. The Morgan fingerprint density at radius 3 is 2.33 bits per heavy atom. The van der Waals surface area contributed by atoms with Gasteiger partial charge in [-0.1, -0.05) is 33.3 Å². The number of esters is 4. The lowest BCUT2D eigenvalue weighted by atomic mass is 9.40. The lowest BCUT2D eigenvalue weighted by molar-refractivity contribution is -0.194. The van der Waals surface area contributed by atoms with E-state index in [2.05, 4.69) is 0 Å². The van der Waals surface area contributed by atoms with Gasteiger partial charge < -0.3 is 24.1 Å². The number of cyclic esters (lactones) is 2. The van der Waals surface area contributed by atoms with Gasteiger partial charge in [0, 0.05) is 29.1 Å². The van der Waals surface area contributed by atoms with Crippen molar-refractivity contribution in [1.82, 2.24) is 0 Å². The van der Waals surface area contributed by atoms with E-state index in [9.17, 15) is 33.9 Å². The van der Waals surface area contributed by atoms with Crippen molar-refractivity contribution < 1.29 is 52.8 Å². The first-order valence-corrected chi connectivity index (χ1v) is 13.4. The number of aliphatic hydroxyl groups excluding tert-OH is 1. The molecule has 40 heavy (non-hydrogen) atoms. The third-order valence-corrected chi connectivity index (χ3v) is 10.1. The Bertz CT molecular complexity index is 1300. The molecule has 0 spiro atoms. The van der Waals surface area contributed by atoms with E-state index in [4.69, 9.17) is 18.9 Å². The van der Waals surface area contributed by atoms with Crippen LogP contribution in [-0.2, 0) is 47.7 Å². The largest absolute Gasteiger partial charge is 0.466 e. The number of carbonyl (C=O) groups is 6. The standard InChI is InChI=1S/C29H34O11/c1-12(30)38-20(26(36)37-6)21-27(2,3)22(33)14-9-13-16(29(21,5)23(14)34)7-8-28(4)17(13)11-19(32)39-24(28)15-10-18(31)40-25(15)35/h10,14,16,18,20-21,24,31H,7-9,11H2,1-6H3. The highest BCUT2D eigenvalue weighted by Gasteiger charge is 2.70. The maximum absolute atomic E-state index is 14.1. The molecule has 2 aliphatic heterocycles. The van der Waals surface area contributed by atoms with Gasteiger partial charge in [0.15, 0.2) is 5.78 Å². The SMILES string of the molecule is COC(=O)C(OC(C)=O)C1C(C)(C)C(=O)C2CC3=C4CC(=O)OC(C5=CC(O)OC5=O)C4(C)CCC3C1(C)C2=O. The molecule has 3 aliphatic carbocycles. The maximum atomic E-state index is 14.1. The molecule has 0 aromatic heterocycles. The summed E-state index contributed by atoms with van der Waals surface area (Å²) in [6.45, 7) is 8.07. The molecule has 1 N–H and O–H groups in total. The smallest absolute Gasteiger partial charge is 0.347 e. The highest BCUT2D eigenvalue weighted by molar-refractivity contribution is 6.12. The van der Waals surface area contributed by atoms with Crippen LogP contribution in [0.3, 0.4) is 0 Å². The first-order chi connectivity index (χ1) is 18.6. The second kappa shape index (κ2) is 9.09. The molecule has 3 fully saturated rings. The predicted octanol–water partition coefficient (Wildman–Crippen LogP) is 1.74. The number of carbonyl (C=O) groups excluding carboxylic acids is 6. The van der Waals surface area contributed by atoms with Crippen molar-refractivity contribution in [3.05, 3.63) is 22.8 Å². The average molecular weight is 559 g/mol. The molecule has 2 heterocycles. The zero-order chi connectivity index (χ0) is 29.5. The summed E-state index contributed by atoms with van der Waals surface area (Å²) in [6, 6.07) is 0. The quantitative estimate of drug-likeness (QED) is 0.232. The fourth-order valence-electron chi connectivity index (χ4n) is 8.39. The van der Waals surface area contributed by atoms with Gasteiger partial charge in [-0.05, 0) is 36.8 Å². The van der Waals surface area contributed by atoms with Crippen molar-refractivity contribution in [3.8, 4) is 0 Å². The summed E-state index contributed by atoms with van der Waals surface area (Å²) in [5.74, 6) is -6.18. The number of rotatable bonds is 4. The summed E-state index contributed by atoms with van der Waals surface area (Å²) in [5, 5.41) is 9.87. The average Bonchev–Trinajstić information content (AvgIpc) is 3.20. The minimum Gasteiger partial charge on any atom is -0.466 e. The van der Waals surface area contributed by atoms with Gasteiger partial charge in [-0.3, -0.25) is 19.2 Å². The normalized spacial score (nSPS) is 38.9. The summed E-state index contributed by atoms with van der Waals surface area (Å²) >= 11 is 0. The molecular weight excluding hydrogens is 524 g/mol. The monoisotopic (exact) mass is 558 g/mol. The van der Waals surface area contributed by atoms with E-state index in [1.807, 2.05) is 6.92 Å². The van der Waals surface area contributed by atoms with E-state index in [0.29, 0.717) is 18.4 Å². The Kier molecular flexibility index (Phi) is 6.41. The second-order valence-corrected chi connectivity index (χ2v) is 12.5. The van der Waals surface area contributed by atoms with Gasteiger partial charge in [-0.25, -0.2) is 9.59 Å². The van der Waals surface area contributed by atoms with Crippen molar-refractivity contribution in [1.29, 1.82) is 0 Å². The number of allylic oxidation sites excluding steroid dienone is 1. The molecule has 8 atom stereocenters. The van der Waals surface area contributed by atoms with E-state index in [1.54, 1.807) is 20.8 Å². The molecule has 0 aromatic rings. The minimum absolute atomic E-state index is 0.0496. The van der Waals surface area contributed by atoms with Crippen LogP contribution in [-0.4, -0.2) is 66.2 Å². The van der Waals surface area contributed by atoms with Crippen LogP contribution in [0.2, 0.25) is 0 Å².